The average molecular weight is 213 g/mol. The number of nitrogens with zero attached hydrogens (tertiary/aromatic N) is 2. The molecule has 2 atom stereocenters. The highest BCUT2D eigenvalue weighted by Crippen LogP contribution is 2.28. The van der Waals surface area contributed by atoms with Crippen LogP contribution in [0.2, 0.25) is 0 Å². The molecule has 6 heteroatoms. The van der Waals surface area contributed by atoms with E-state index in [0.29, 0.717) is 6.42 Å². The summed E-state index contributed by atoms with van der Waals surface area (Å²) in [5.41, 5.74) is 0. The van der Waals surface area contributed by atoms with E-state index in [1.807, 2.05) is 0 Å². The van der Waals surface area contributed by atoms with Gasteiger partial charge in [0.2, 0.25) is 5.13 Å². The molecule has 14 heavy (non-hydrogen) atoms. The van der Waals surface area contributed by atoms with Crippen molar-refractivity contribution in [3.05, 3.63) is 6.33 Å². The summed E-state index contributed by atoms with van der Waals surface area (Å²) >= 11 is 1.30. The first kappa shape index (κ1) is 9.39. The maximum absolute atomic E-state index is 10.7. The van der Waals surface area contributed by atoms with Crippen LogP contribution in [0.4, 0.5) is 5.13 Å². The van der Waals surface area contributed by atoms with E-state index in [2.05, 4.69) is 14.7 Å². The highest BCUT2D eigenvalue weighted by molar-refractivity contribution is 7.09. The van der Waals surface area contributed by atoms with E-state index in [4.69, 9.17) is 5.11 Å². The number of nitrogens with one attached hydrogen (secondary N) is 1. The van der Waals surface area contributed by atoms with Gasteiger partial charge in [0, 0.05) is 17.6 Å². The van der Waals surface area contributed by atoms with E-state index in [0.717, 1.165) is 18.0 Å². The fourth-order valence-electron chi connectivity index (χ4n) is 1.75. The zero-order chi connectivity index (χ0) is 9.97. The molecule has 2 rings (SSSR count). The van der Waals surface area contributed by atoms with Crippen LogP contribution in [0.3, 0.4) is 0 Å². The minimum Gasteiger partial charge on any atom is -0.481 e. The second-order valence-electron chi connectivity index (χ2n) is 3.44. The topological polar surface area (TPSA) is 75.1 Å². The van der Waals surface area contributed by atoms with Gasteiger partial charge in [-0.3, -0.25) is 4.79 Å². The van der Waals surface area contributed by atoms with Gasteiger partial charge < -0.3 is 10.4 Å². The van der Waals surface area contributed by atoms with Crippen molar-refractivity contribution in [3.63, 3.8) is 0 Å². The Morgan fingerprint density at radius 2 is 2.50 bits per heavy atom. The van der Waals surface area contributed by atoms with Gasteiger partial charge in [-0.15, -0.1) is 0 Å². The van der Waals surface area contributed by atoms with Crippen LogP contribution in [0, 0.1) is 5.92 Å². The molecular weight excluding hydrogens is 202 g/mol. The number of carbonyl (C=O) groups is 1. The Balaban J connectivity index is 1.87. The van der Waals surface area contributed by atoms with E-state index in [9.17, 15) is 4.79 Å². The Bertz CT molecular complexity index is 314. The summed E-state index contributed by atoms with van der Waals surface area (Å²) in [4.78, 5) is 14.7. The maximum Gasteiger partial charge on any atom is 0.306 e. The van der Waals surface area contributed by atoms with Crippen LogP contribution in [0.5, 0.6) is 0 Å². The quantitative estimate of drug-likeness (QED) is 0.789. The SMILES string of the molecule is O=C(O)[C@@H]1CC[C@H](Nc2ncns2)C1. The minimum atomic E-state index is -0.688. The first-order valence-electron chi connectivity index (χ1n) is 4.51. The zero-order valence-electron chi connectivity index (χ0n) is 7.51. The number of aromatic nitrogens is 2. The van der Waals surface area contributed by atoms with Crippen molar-refractivity contribution >= 4 is 22.6 Å². The summed E-state index contributed by atoms with van der Waals surface area (Å²) in [6, 6.07) is 0.240. The lowest BCUT2D eigenvalue weighted by Crippen LogP contribution is -2.17. The predicted molar refractivity (Wildman–Crippen MR) is 52.3 cm³/mol. The summed E-state index contributed by atoms with van der Waals surface area (Å²) in [5, 5.41) is 12.8. The molecule has 1 aromatic heterocycles. The molecule has 1 saturated carbocycles. The minimum absolute atomic E-state index is 0.194. The summed E-state index contributed by atoms with van der Waals surface area (Å²) in [7, 11) is 0. The second kappa shape index (κ2) is 3.91. The second-order valence-corrected chi connectivity index (χ2v) is 4.22. The van der Waals surface area contributed by atoms with Gasteiger partial charge >= 0.3 is 5.97 Å². The van der Waals surface area contributed by atoms with Gasteiger partial charge in [0.15, 0.2) is 0 Å². The van der Waals surface area contributed by atoms with Gasteiger partial charge in [0.05, 0.1) is 5.92 Å². The number of aliphatic carboxylic acids is 1. The van der Waals surface area contributed by atoms with Crippen molar-refractivity contribution in [1.82, 2.24) is 9.36 Å². The van der Waals surface area contributed by atoms with Crippen LogP contribution >= 0.6 is 11.5 Å². The first-order valence-corrected chi connectivity index (χ1v) is 5.29. The van der Waals surface area contributed by atoms with Crippen molar-refractivity contribution in [2.45, 2.75) is 25.3 Å². The van der Waals surface area contributed by atoms with E-state index >= 15 is 0 Å². The van der Waals surface area contributed by atoms with E-state index < -0.39 is 5.97 Å². The lowest BCUT2D eigenvalue weighted by molar-refractivity contribution is -0.141. The van der Waals surface area contributed by atoms with Crippen LogP contribution < -0.4 is 5.32 Å². The fraction of sp³-hybridized carbons (Fsp3) is 0.625. The lowest BCUT2D eigenvalue weighted by atomic mass is 10.1. The molecule has 2 N–H and O–H groups in total. The molecular formula is C8H11N3O2S. The Kier molecular flexibility index (Phi) is 2.62. The van der Waals surface area contributed by atoms with E-state index in [-0.39, 0.29) is 12.0 Å². The van der Waals surface area contributed by atoms with Gasteiger partial charge in [0.1, 0.15) is 6.33 Å². The first-order chi connectivity index (χ1) is 6.75. The molecule has 0 amide bonds. The van der Waals surface area contributed by atoms with Crippen LogP contribution in [-0.2, 0) is 4.79 Å². The van der Waals surface area contributed by atoms with Crippen molar-refractivity contribution in [2.75, 3.05) is 5.32 Å². The predicted octanol–water partition coefficient (Wildman–Crippen LogP) is 1.20. The summed E-state index contributed by atoms with van der Waals surface area (Å²) in [6.45, 7) is 0. The molecule has 0 aliphatic heterocycles. The molecule has 1 heterocycles. The Morgan fingerprint density at radius 1 is 1.64 bits per heavy atom. The van der Waals surface area contributed by atoms with Crippen molar-refractivity contribution in [3.8, 4) is 0 Å². The molecule has 1 aliphatic carbocycles. The van der Waals surface area contributed by atoms with Gasteiger partial charge in [-0.05, 0) is 19.3 Å². The molecule has 0 radical (unpaired) electrons. The average Bonchev–Trinajstić information content (AvgIpc) is 2.75. The third kappa shape index (κ3) is 2.01. The maximum atomic E-state index is 10.7. The number of carboxylic acid groups (broad SMARTS) is 1. The zero-order valence-corrected chi connectivity index (χ0v) is 8.33. The monoisotopic (exact) mass is 213 g/mol. The molecule has 0 saturated heterocycles. The molecule has 0 spiro atoms. The summed E-state index contributed by atoms with van der Waals surface area (Å²) in [5.74, 6) is -0.882. The number of anilines is 1. The summed E-state index contributed by atoms with van der Waals surface area (Å²) in [6.07, 6.45) is 3.84. The molecule has 0 unspecified atom stereocenters. The van der Waals surface area contributed by atoms with Crippen LogP contribution in [0.15, 0.2) is 6.33 Å². The normalized spacial score (nSPS) is 26.3. The number of rotatable bonds is 3. The molecule has 0 bridgehead atoms. The van der Waals surface area contributed by atoms with Gasteiger partial charge in [-0.1, -0.05) is 0 Å². The fourth-order valence-corrected chi connectivity index (χ4v) is 2.26. The molecule has 5 nitrogen and oxygen atoms in total. The molecule has 1 fully saturated rings. The van der Waals surface area contributed by atoms with E-state index in [1.165, 1.54) is 17.9 Å². The highest BCUT2D eigenvalue weighted by Gasteiger charge is 2.29. The van der Waals surface area contributed by atoms with Gasteiger partial charge in [-0.2, -0.15) is 4.37 Å². The Hall–Kier alpha value is -1.17. The molecule has 1 aliphatic rings. The number of hydrogen-bond acceptors (Lipinski definition) is 5. The highest BCUT2D eigenvalue weighted by atomic mass is 32.1. The third-order valence-corrected chi connectivity index (χ3v) is 3.07. The smallest absolute Gasteiger partial charge is 0.306 e. The van der Waals surface area contributed by atoms with Crippen LogP contribution in [0.25, 0.3) is 0 Å². The standard InChI is InChI=1S/C8H11N3O2S/c12-7(13)5-1-2-6(3-5)11-8-9-4-10-14-8/h4-6H,1-3H2,(H,12,13)(H,9,10,11)/t5-,6+/m1/s1. The molecule has 0 aromatic carbocycles. The van der Waals surface area contributed by atoms with Gasteiger partial charge in [0.25, 0.3) is 0 Å². The van der Waals surface area contributed by atoms with Crippen molar-refractivity contribution < 1.29 is 9.90 Å². The summed E-state index contributed by atoms with van der Waals surface area (Å²) < 4.78 is 3.87. The number of carboxylic acids is 1. The van der Waals surface area contributed by atoms with E-state index in [1.54, 1.807) is 0 Å². The van der Waals surface area contributed by atoms with Crippen molar-refractivity contribution in [1.29, 1.82) is 0 Å². The van der Waals surface area contributed by atoms with Crippen LogP contribution in [-0.4, -0.2) is 26.5 Å². The Labute approximate surface area is 85.3 Å². The lowest BCUT2D eigenvalue weighted by Gasteiger charge is -2.09. The van der Waals surface area contributed by atoms with Gasteiger partial charge in [-0.25, -0.2) is 4.98 Å². The third-order valence-electron chi connectivity index (χ3n) is 2.47. The molecule has 1 aromatic rings. The largest absolute Gasteiger partial charge is 0.481 e. The van der Waals surface area contributed by atoms with Crippen LogP contribution in [0.1, 0.15) is 19.3 Å². The Morgan fingerprint density at radius 3 is 3.07 bits per heavy atom. The number of hydrogen-bond donors (Lipinski definition) is 2. The van der Waals surface area contributed by atoms with Crippen molar-refractivity contribution in [2.24, 2.45) is 5.92 Å². The molecule has 76 valence electrons.